The van der Waals surface area contributed by atoms with Crippen LogP contribution in [-0.4, -0.2) is 132 Å². The molecule has 122 heavy (non-hydrogen) atoms. The molecule has 0 aromatic heterocycles. The average molecular weight is 1810 g/mol. The van der Waals surface area contributed by atoms with Gasteiger partial charge in [-0.15, -0.1) is 12.3 Å². The van der Waals surface area contributed by atoms with Crippen LogP contribution >= 0.6 is 15.9 Å². The number of nitrogens with one attached hydrogen (secondary N) is 3. The van der Waals surface area contributed by atoms with Crippen molar-refractivity contribution in [1.29, 1.82) is 0 Å². The summed E-state index contributed by atoms with van der Waals surface area (Å²) >= 11 is 3.41. The first-order valence-electron chi connectivity index (χ1n) is 40.8. The zero-order valence-corrected chi connectivity index (χ0v) is 73.2. The number of fused-ring (bicyclic) bond motifs is 6. The Hall–Kier alpha value is -9.43. The van der Waals surface area contributed by atoms with Gasteiger partial charge in [-0.25, -0.2) is 66.0 Å². The zero-order valence-electron chi connectivity index (χ0n) is 69.2. The first-order valence-corrected chi connectivity index (χ1v) is 46.1. The zero-order chi connectivity index (χ0) is 87.9. The Morgan fingerprint density at radius 1 is 0.467 bits per heavy atom. The Bertz CT molecular complexity index is 5560. The van der Waals surface area contributed by atoms with E-state index in [0.29, 0.717) is 124 Å². The third-order valence-corrected chi connectivity index (χ3v) is 28.9. The van der Waals surface area contributed by atoms with Gasteiger partial charge < -0.3 is 28.9 Å². The monoisotopic (exact) mass is 1810 g/mol. The van der Waals surface area contributed by atoms with Crippen LogP contribution in [0.3, 0.4) is 0 Å². The maximum Gasteiger partial charge on any atom is 0.410 e. The van der Waals surface area contributed by atoms with Gasteiger partial charge in [0.2, 0.25) is 0 Å². The molecule has 3 amide bonds. The number of anilines is 3. The van der Waals surface area contributed by atoms with E-state index in [9.17, 15) is 80.4 Å². The van der Waals surface area contributed by atoms with Crippen molar-refractivity contribution in [2.75, 3.05) is 53.4 Å². The second-order valence-electron chi connectivity index (χ2n) is 35.7. The number of ketones is 3. The lowest BCUT2D eigenvalue weighted by Crippen LogP contribution is -2.41. The number of amides is 3. The quantitative estimate of drug-likeness (QED) is 0.0583. The highest BCUT2D eigenvalue weighted by molar-refractivity contribution is 9.10. The van der Waals surface area contributed by atoms with Crippen molar-refractivity contribution in [2.24, 2.45) is 17.8 Å². The van der Waals surface area contributed by atoms with E-state index >= 15 is 0 Å². The van der Waals surface area contributed by atoms with Gasteiger partial charge in [-0.2, -0.15) is 0 Å². The number of rotatable bonds is 12. The second kappa shape index (κ2) is 36.4. The Labute approximate surface area is 719 Å². The summed E-state index contributed by atoms with van der Waals surface area (Å²) in [4.78, 5) is 78.3. The summed E-state index contributed by atoms with van der Waals surface area (Å²) < 4.78 is 184. The van der Waals surface area contributed by atoms with E-state index in [0.717, 1.165) is 152 Å². The summed E-state index contributed by atoms with van der Waals surface area (Å²) in [6.45, 7) is 20.3. The third-order valence-electron chi connectivity index (χ3n) is 23.9. The molecule has 6 aromatic rings. The summed E-state index contributed by atoms with van der Waals surface area (Å²) in [6, 6.07) is 16.8. The second-order valence-corrected chi connectivity index (χ2v) is 41.5. The third kappa shape index (κ3) is 21.0. The Kier molecular flexibility index (Phi) is 27.8. The summed E-state index contributed by atoms with van der Waals surface area (Å²) in [6.07, 6.45) is 18.8. The number of nitrogens with zero attached hydrogens (tertiary/aromatic N) is 3. The van der Waals surface area contributed by atoms with Crippen LogP contribution in [0.4, 0.5) is 57.8 Å². The lowest BCUT2D eigenvalue weighted by molar-refractivity contribution is -0.126. The van der Waals surface area contributed by atoms with Gasteiger partial charge in [0.15, 0.2) is 0 Å². The highest BCUT2D eigenvalue weighted by Crippen LogP contribution is 2.55. The van der Waals surface area contributed by atoms with Crippen LogP contribution in [0.15, 0.2) is 110 Å². The van der Waals surface area contributed by atoms with Gasteiger partial charge >= 0.3 is 18.3 Å². The SMILES string of the molecule is C.C#CC1CCN(C(=O)OC(C)(C)C)CC1.CC(C)(C)OC(=O)N1CCC(C#Cc2cc(NS(=O)(=O)c3ccc(F)cc3F)cc3c2CC(=O)C32CCC2)CC1.CC(C)(C)OC(=O)N1CCC(CCc2cc(NS(=O)(=O)c3ccc(F)cc3F)cc3c2CC(=O)C32CCC2)CC1.O=C1Cc2c(Br)cc(NS(=O)(=O)c3ccc(F)cc3F)cc2C12CCC2. The van der Waals surface area contributed by atoms with Gasteiger partial charge in [-0.05, 0) is 270 Å². The maximum absolute atomic E-state index is 14.3. The number of halogens is 7. The van der Waals surface area contributed by atoms with E-state index in [1.165, 1.54) is 0 Å². The standard InChI is InChI=1S/C30H36F2N2O5S.C30H32F2N2O5S.C18H14BrF2NO3S.C12H19NO2.CH4/c2*1-29(2,3)39-28(36)34-13-9-19(10-14-34)5-6-20-15-22(17-24-23(20)18-27(35)30(24)11-4-12-30)33-40(37,38)26-8-7-21(31)16-25(26)32;19-14-8-11(7-13-12(14)9-17(23)18(13)4-1-5-18)22-26(24,25)16-3-2-10(20)6-15(16)21;1-5-10-6-8-13(9-7-10)11(14)15-12(2,3)4;/h7-8,15-17,19,33H,4-6,9-14,18H2,1-3H3;7-8,15-17,19,33H,4,9-14,18H2,1-3H3;2-3,6-8,22H,1,4-5,9H2;1,10H,6-9H2,2-4H3;1H4. The van der Waals surface area contributed by atoms with Crippen molar-refractivity contribution >= 4 is 98.7 Å². The highest BCUT2D eigenvalue weighted by Gasteiger charge is 2.54. The van der Waals surface area contributed by atoms with Crippen molar-refractivity contribution in [2.45, 2.75) is 246 Å². The van der Waals surface area contributed by atoms with E-state index in [1.54, 1.807) is 51.1 Å². The molecule has 3 N–H and O–H groups in total. The molecule has 3 saturated carbocycles. The fourth-order valence-corrected chi connectivity index (χ4v) is 21.1. The Morgan fingerprint density at radius 3 is 1.15 bits per heavy atom. The van der Waals surface area contributed by atoms with Gasteiger partial charge in [0.25, 0.3) is 30.1 Å². The fraction of sp³-hybridized carbons (Fsp3) is 0.495. The van der Waals surface area contributed by atoms with Crippen LogP contribution in [0, 0.1) is 76.8 Å². The van der Waals surface area contributed by atoms with Crippen molar-refractivity contribution in [1.82, 2.24) is 14.7 Å². The lowest BCUT2D eigenvalue weighted by Gasteiger charge is -2.38. The van der Waals surface area contributed by atoms with Crippen molar-refractivity contribution < 1.29 is 94.6 Å². The number of likely N-dealkylation sites (tertiary alicyclic amines) is 3. The molecule has 6 aliphatic carbocycles. The van der Waals surface area contributed by atoms with Gasteiger partial charge in [0, 0.05) is 104 Å². The van der Waals surface area contributed by atoms with Gasteiger partial charge in [-0.3, -0.25) is 28.5 Å². The molecule has 3 aliphatic heterocycles. The summed E-state index contributed by atoms with van der Waals surface area (Å²) in [5.74, 6) is 4.21. The van der Waals surface area contributed by atoms with Crippen LogP contribution in [0.5, 0.6) is 0 Å². The minimum atomic E-state index is -4.37. The largest absolute Gasteiger partial charge is 0.444 e. The summed E-state index contributed by atoms with van der Waals surface area (Å²) in [7, 11) is -12.9. The molecule has 3 spiro atoms. The highest BCUT2D eigenvalue weighted by atomic mass is 79.9. The predicted octanol–water partition coefficient (Wildman–Crippen LogP) is 18.2. The molecule has 0 unspecified atom stereocenters. The van der Waals surface area contributed by atoms with Crippen LogP contribution in [-0.2, 0) is 101 Å². The van der Waals surface area contributed by atoms with E-state index < -0.39 is 113 Å². The number of hydrogen-bond acceptors (Lipinski definition) is 15. The van der Waals surface area contributed by atoms with Gasteiger partial charge in [0.05, 0.1) is 27.6 Å². The summed E-state index contributed by atoms with van der Waals surface area (Å²) in [5.41, 5.74) is 4.06. The van der Waals surface area contributed by atoms with Crippen molar-refractivity contribution in [3.05, 3.63) is 175 Å². The molecule has 6 fully saturated rings. The number of aryl methyl sites for hydroxylation is 1. The number of piperidine rings is 3. The molecular formula is C91H105BrF6N6O15S3. The molecule has 31 heteroatoms. The fourth-order valence-electron chi connectivity index (χ4n) is 17.2. The number of benzene rings is 6. The number of terminal acetylenes is 1. The Morgan fingerprint density at radius 2 is 0.795 bits per heavy atom. The van der Waals surface area contributed by atoms with Crippen LogP contribution in [0.2, 0.25) is 0 Å². The molecule has 3 heterocycles. The van der Waals surface area contributed by atoms with Gasteiger partial charge in [0.1, 0.15) is 83.7 Å². The molecule has 656 valence electrons. The van der Waals surface area contributed by atoms with Crippen LogP contribution < -0.4 is 14.2 Å². The molecule has 0 bridgehead atoms. The van der Waals surface area contributed by atoms with Crippen molar-refractivity contribution in [3.8, 4) is 24.2 Å². The molecule has 15 rings (SSSR count). The molecule has 9 aliphatic rings. The molecule has 6 aromatic carbocycles. The number of carbonyl (C=O) groups is 6. The molecular weight excluding hydrogens is 1710 g/mol. The molecule has 0 radical (unpaired) electrons. The van der Waals surface area contributed by atoms with E-state index in [1.807, 2.05) is 62.3 Å². The summed E-state index contributed by atoms with van der Waals surface area (Å²) in [5, 5.41) is 0. The lowest BCUT2D eigenvalue weighted by atomic mass is 9.64. The number of sulfonamides is 3. The van der Waals surface area contributed by atoms with E-state index in [-0.39, 0.29) is 72.5 Å². The molecule has 21 nitrogen and oxygen atoms in total. The van der Waals surface area contributed by atoms with Gasteiger partial charge in [-0.1, -0.05) is 54.5 Å². The van der Waals surface area contributed by atoms with Crippen molar-refractivity contribution in [3.63, 3.8) is 0 Å². The number of hydrogen-bond donors (Lipinski definition) is 3. The minimum Gasteiger partial charge on any atom is -0.444 e. The smallest absolute Gasteiger partial charge is 0.410 e. The number of carbonyl (C=O) groups excluding carboxylic acids is 6. The predicted molar refractivity (Wildman–Crippen MR) is 454 cm³/mol. The van der Waals surface area contributed by atoms with E-state index in [4.69, 9.17) is 20.6 Å². The minimum absolute atomic E-state index is 0. The normalized spacial score (nSPS) is 18.4. The Balaban J connectivity index is 0.000000167. The first-order chi connectivity index (χ1) is 56.7. The maximum atomic E-state index is 14.3. The topological polar surface area (TPSA) is 278 Å². The average Bonchev–Trinajstić information content (AvgIpc) is 1.57. The number of ether oxygens (including phenoxy) is 3. The van der Waals surface area contributed by atoms with Crippen LogP contribution in [0.25, 0.3) is 0 Å². The molecule has 0 atom stereocenters. The number of Topliss-reactive ketones (excluding diaryl/α,β-unsaturated/α-hetero) is 3. The first kappa shape index (κ1) is 93.3. The van der Waals surface area contributed by atoms with E-state index in [2.05, 4.69) is 47.9 Å². The van der Waals surface area contributed by atoms with Crippen LogP contribution in [0.1, 0.15) is 217 Å². The molecule has 3 saturated heterocycles.